The molecule has 0 fully saturated rings. The molecule has 1 N–H and O–H groups in total. The quantitative estimate of drug-likeness (QED) is 0.176. The second-order valence-corrected chi connectivity index (χ2v) is 8.68. The Bertz CT molecular complexity index is 1190. The van der Waals surface area contributed by atoms with Crippen LogP contribution in [0, 0.1) is 10.1 Å². The van der Waals surface area contributed by atoms with E-state index in [1.54, 1.807) is 22.9 Å². The second-order valence-electron chi connectivity index (χ2n) is 6.67. The minimum Gasteiger partial charge on any atom is -0.411 e. The number of benzene rings is 2. The van der Waals surface area contributed by atoms with Crippen molar-refractivity contribution >= 4 is 15.5 Å². The SMILES string of the molecule is CS(=O)(=O)c1ccc(-c2cc(/C(CCCO[N+](=O)[O-])=N/O)nn2-c2ccccc2)cc1. The van der Waals surface area contributed by atoms with Gasteiger partial charge in [-0.1, -0.05) is 35.5 Å². The number of aromatic nitrogens is 2. The van der Waals surface area contributed by atoms with E-state index < -0.39 is 14.9 Å². The number of nitrogens with zero attached hydrogens (tertiary/aromatic N) is 4. The molecule has 1 heterocycles. The summed E-state index contributed by atoms with van der Waals surface area (Å²) in [4.78, 5) is 14.8. The van der Waals surface area contributed by atoms with Crippen LogP contribution in [0.3, 0.4) is 0 Å². The van der Waals surface area contributed by atoms with Crippen LogP contribution in [0.5, 0.6) is 0 Å². The van der Waals surface area contributed by atoms with Crippen LogP contribution < -0.4 is 0 Å². The fourth-order valence-corrected chi connectivity index (χ4v) is 3.61. The third-order valence-corrected chi connectivity index (χ3v) is 5.59. The summed E-state index contributed by atoms with van der Waals surface area (Å²) in [5, 5.41) is 26.7. The maximum atomic E-state index is 11.8. The van der Waals surface area contributed by atoms with E-state index in [9.17, 15) is 23.7 Å². The van der Waals surface area contributed by atoms with Crippen LogP contribution in [-0.4, -0.2) is 47.1 Å². The summed E-state index contributed by atoms with van der Waals surface area (Å²) >= 11 is 0. The van der Waals surface area contributed by atoms with E-state index >= 15 is 0 Å². The summed E-state index contributed by atoms with van der Waals surface area (Å²) in [5.41, 5.74) is 2.75. The molecule has 0 unspecified atom stereocenters. The highest BCUT2D eigenvalue weighted by atomic mass is 32.2. The average molecular weight is 444 g/mol. The Morgan fingerprint density at radius 3 is 2.45 bits per heavy atom. The van der Waals surface area contributed by atoms with Crippen molar-refractivity contribution in [2.75, 3.05) is 12.9 Å². The Balaban J connectivity index is 1.98. The van der Waals surface area contributed by atoms with Crippen LogP contribution in [-0.2, 0) is 14.7 Å². The zero-order chi connectivity index (χ0) is 22.4. The molecule has 11 heteroatoms. The largest absolute Gasteiger partial charge is 0.411 e. The number of rotatable bonds is 9. The molecule has 0 spiro atoms. The molecule has 3 aromatic rings. The van der Waals surface area contributed by atoms with E-state index in [1.165, 1.54) is 12.1 Å². The Hall–Kier alpha value is -3.73. The van der Waals surface area contributed by atoms with E-state index in [1.807, 2.05) is 30.3 Å². The molecule has 0 bridgehead atoms. The molecule has 1 aromatic heterocycles. The highest BCUT2D eigenvalue weighted by Crippen LogP contribution is 2.26. The molecule has 0 aliphatic rings. The van der Waals surface area contributed by atoms with Gasteiger partial charge in [0.05, 0.1) is 22.9 Å². The normalized spacial score (nSPS) is 12.0. The molecule has 0 aliphatic carbocycles. The second kappa shape index (κ2) is 9.39. The summed E-state index contributed by atoms with van der Waals surface area (Å²) in [6.45, 7) is -0.134. The lowest BCUT2D eigenvalue weighted by Crippen LogP contribution is -2.08. The van der Waals surface area contributed by atoms with Crippen LogP contribution in [0.4, 0.5) is 0 Å². The van der Waals surface area contributed by atoms with E-state index in [0.29, 0.717) is 17.0 Å². The molecule has 0 saturated heterocycles. The standard InChI is InChI=1S/C20H20N4O6S/c1-31(28,29)17-11-9-15(10-12-17)20-14-19(18(22-25)8-5-13-30-24(26)27)21-23(20)16-6-3-2-4-7-16/h2-4,6-7,9-12,14,25H,5,8,13H2,1H3/b22-18+. The molecule has 10 nitrogen and oxygen atoms in total. The summed E-state index contributed by atoms with van der Waals surface area (Å²) < 4.78 is 25.2. The van der Waals surface area contributed by atoms with E-state index in [0.717, 1.165) is 11.9 Å². The first-order valence-corrected chi connectivity index (χ1v) is 11.1. The van der Waals surface area contributed by atoms with E-state index in [-0.39, 0.29) is 30.1 Å². The highest BCUT2D eigenvalue weighted by molar-refractivity contribution is 7.90. The Labute approximate surface area is 178 Å². The van der Waals surface area contributed by atoms with Gasteiger partial charge in [-0.2, -0.15) is 5.10 Å². The smallest absolute Gasteiger partial charge is 0.294 e. The van der Waals surface area contributed by atoms with Crippen LogP contribution in [0.15, 0.2) is 70.7 Å². The molecule has 2 aromatic carbocycles. The number of oxime groups is 1. The van der Waals surface area contributed by atoms with Crippen molar-refractivity contribution < 1.29 is 23.5 Å². The molecule has 0 atom stereocenters. The molecule has 31 heavy (non-hydrogen) atoms. The van der Waals surface area contributed by atoms with Gasteiger partial charge in [-0.3, -0.25) is 0 Å². The first-order valence-electron chi connectivity index (χ1n) is 9.24. The Morgan fingerprint density at radius 1 is 1.19 bits per heavy atom. The zero-order valence-corrected chi connectivity index (χ0v) is 17.4. The van der Waals surface area contributed by atoms with E-state index in [2.05, 4.69) is 15.1 Å². The van der Waals surface area contributed by atoms with Crippen molar-refractivity contribution in [1.82, 2.24) is 9.78 Å². The van der Waals surface area contributed by atoms with Gasteiger partial charge >= 0.3 is 0 Å². The molecule has 162 valence electrons. The van der Waals surface area contributed by atoms with Crippen molar-refractivity contribution in [1.29, 1.82) is 0 Å². The predicted octanol–water partition coefficient (Wildman–Crippen LogP) is 3.11. The van der Waals surface area contributed by atoms with Crippen molar-refractivity contribution in [2.24, 2.45) is 5.16 Å². The number of para-hydroxylation sites is 1. The van der Waals surface area contributed by atoms with Gasteiger partial charge in [-0.25, -0.2) is 13.1 Å². The summed E-state index contributed by atoms with van der Waals surface area (Å²) in [7, 11) is -3.33. The lowest BCUT2D eigenvalue weighted by molar-refractivity contribution is -0.757. The van der Waals surface area contributed by atoms with Gasteiger partial charge in [-0.15, -0.1) is 10.1 Å². The van der Waals surface area contributed by atoms with Gasteiger partial charge in [0.25, 0.3) is 5.09 Å². The Kier molecular flexibility index (Phi) is 6.65. The Morgan fingerprint density at radius 2 is 1.87 bits per heavy atom. The van der Waals surface area contributed by atoms with Crippen molar-refractivity contribution in [3.8, 4) is 16.9 Å². The number of sulfone groups is 1. The van der Waals surface area contributed by atoms with Gasteiger partial charge in [0, 0.05) is 11.8 Å². The fourth-order valence-electron chi connectivity index (χ4n) is 2.97. The fraction of sp³-hybridized carbons (Fsp3) is 0.200. The maximum Gasteiger partial charge on any atom is 0.294 e. The van der Waals surface area contributed by atoms with Crippen molar-refractivity contribution in [3.05, 3.63) is 76.5 Å². The topological polar surface area (TPSA) is 137 Å². The van der Waals surface area contributed by atoms with Gasteiger partial charge in [-0.05, 0) is 43.2 Å². The van der Waals surface area contributed by atoms with Crippen molar-refractivity contribution in [3.63, 3.8) is 0 Å². The molecule has 0 amide bonds. The number of hydrogen-bond donors (Lipinski definition) is 1. The van der Waals surface area contributed by atoms with Crippen molar-refractivity contribution in [2.45, 2.75) is 17.7 Å². The summed E-state index contributed by atoms with van der Waals surface area (Å²) in [6.07, 6.45) is 1.61. The first-order chi connectivity index (χ1) is 14.8. The third kappa shape index (κ3) is 5.45. The summed E-state index contributed by atoms with van der Waals surface area (Å²) in [5.74, 6) is 0. The first kappa shape index (κ1) is 22.0. The number of hydrogen-bond acceptors (Lipinski definition) is 8. The van der Waals surface area contributed by atoms with Gasteiger partial charge in [0.15, 0.2) is 9.84 Å². The van der Waals surface area contributed by atoms with E-state index in [4.69, 9.17) is 0 Å². The van der Waals surface area contributed by atoms with Crippen LogP contribution >= 0.6 is 0 Å². The van der Waals surface area contributed by atoms with Crippen LogP contribution in [0.1, 0.15) is 18.5 Å². The maximum absolute atomic E-state index is 11.8. The molecule has 0 saturated carbocycles. The highest BCUT2D eigenvalue weighted by Gasteiger charge is 2.17. The summed E-state index contributed by atoms with van der Waals surface area (Å²) in [6, 6.07) is 17.4. The van der Waals surface area contributed by atoms with Gasteiger partial charge in [0.2, 0.25) is 0 Å². The molecule has 0 radical (unpaired) electrons. The minimum absolute atomic E-state index is 0.134. The van der Waals surface area contributed by atoms with Crippen LogP contribution in [0.25, 0.3) is 16.9 Å². The third-order valence-electron chi connectivity index (χ3n) is 4.46. The van der Waals surface area contributed by atoms with Crippen LogP contribution in [0.2, 0.25) is 0 Å². The molecular formula is C20H20N4O6S. The lowest BCUT2D eigenvalue weighted by Gasteiger charge is -2.08. The van der Waals surface area contributed by atoms with Gasteiger partial charge in [0.1, 0.15) is 11.4 Å². The molecular weight excluding hydrogens is 424 g/mol. The molecule has 0 aliphatic heterocycles. The molecule has 3 rings (SSSR count). The lowest BCUT2D eigenvalue weighted by atomic mass is 10.1. The van der Waals surface area contributed by atoms with Gasteiger partial charge < -0.3 is 10.0 Å². The minimum atomic E-state index is -3.33. The average Bonchev–Trinajstić information content (AvgIpc) is 3.19. The zero-order valence-electron chi connectivity index (χ0n) is 16.6. The monoisotopic (exact) mass is 444 g/mol. The predicted molar refractivity (Wildman–Crippen MR) is 113 cm³/mol.